The molecule has 1 heterocycles. The van der Waals surface area contributed by atoms with Gasteiger partial charge in [-0.25, -0.2) is 4.39 Å². The van der Waals surface area contributed by atoms with Crippen molar-refractivity contribution in [2.75, 3.05) is 40.3 Å². The van der Waals surface area contributed by atoms with Crippen LogP contribution in [-0.4, -0.2) is 90.5 Å². The fourth-order valence-electron chi connectivity index (χ4n) is 3.15. The Bertz CT molecular complexity index is 633. The van der Waals surface area contributed by atoms with Crippen LogP contribution in [0.25, 0.3) is 0 Å². The Morgan fingerprint density at radius 1 is 1.15 bits per heavy atom. The predicted octanol–water partition coefficient (Wildman–Crippen LogP) is 3.28. The summed E-state index contributed by atoms with van der Waals surface area (Å²) in [6, 6.07) is 1.21. The van der Waals surface area contributed by atoms with Crippen molar-refractivity contribution in [3.05, 3.63) is 0 Å². The van der Waals surface area contributed by atoms with Crippen molar-refractivity contribution in [2.24, 2.45) is 0 Å². The smallest absolute Gasteiger partial charge is 0.439 e. The molecule has 0 aromatic rings. The number of rotatable bonds is 18. The molecule has 16 heteroatoms. The number of nitrogens with one attached hydrogen (secondary N) is 1. The van der Waals surface area contributed by atoms with E-state index in [2.05, 4.69) is 4.74 Å². The molecule has 1 aliphatic heterocycles. The summed E-state index contributed by atoms with van der Waals surface area (Å²) in [6.07, 6.45) is -4.45. The van der Waals surface area contributed by atoms with Gasteiger partial charge in [0.15, 0.2) is 15.2 Å². The maximum atomic E-state index is 13.8. The van der Waals surface area contributed by atoms with E-state index in [4.69, 9.17) is 22.1 Å². The minimum atomic E-state index is -5.70. The molecule has 4 atom stereocenters. The number of halogens is 5. The van der Waals surface area contributed by atoms with Crippen molar-refractivity contribution in [1.82, 2.24) is 5.32 Å². The van der Waals surface area contributed by atoms with Gasteiger partial charge in [-0.3, -0.25) is 9.53 Å². The molecule has 1 fully saturated rings. The Hall–Kier alpha value is -0.469. The molecule has 1 saturated heterocycles. The molecule has 8 nitrogen and oxygen atoms in total. The van der Waals surface area contributed by atoms with E-state index in [1.54, 1.807) is 7.11 Å². The summed E-state index contributed by atoms with van der Waals surface area (Å²) >= 11 is 0. The number of epoxide rings is 1. The zero-order chi connectivity index (χ0) is 26.0. The van der Waals surface area contributed by atoms with Crippen LogP contribution in [0.3, 0.4) is 0 Å². The SMILES string of the molecule is CO[Si](C)(CCCOCC1CO1)O[SiH](C)O[Si](C)(C)CCCNC(=O)C(F)(OCF)C(F)(F)F. The van der Waals surface area contributed by atoms with Crippen molar-refractivity contribution in [1.29, 1.82) is 0 Å². The van der Waals surface area contributed by atoms with E-state index < -0.39 is 51.0 Å². The molecule has 0 spiro atoms. The van der Waals surface area contributed by atoms with Crippen LogP contribution in [0.1, 0.15) is 12.8 Å². The largest absolute Gasteiger partial charge is 0.458 e. The zero-order valence-electron chi connectivity index (χ0n) is 20.3. The monoisotopic (exact) mass is 557 g/mol. The first-order valence-corrected chi connectivity index (χ1v) is 18.8. The van der Waals surface area contributed by atoms with Crippen LogP contribution in [0.15, 0.2) is 0 Å². The van der Waals surface area contributed by atoms with Crippen molar-refractivity contribution < 1.29 is 53.6 Å². The van der Waals surface area contributed by atoms with Gasteiger partial charge in [0.05, 0.1) is 13.2 Å². The minimum Gasteiger partial charge on any atom is -0.439 e. The first-order valence-electron chi connectivity index (χ1n) is 11.0. The molecule has 0 radical (unpaired) electrons. The van der Waals surface area contributed by atoms with E-state index in [9.17, 15) is 26.7 Å². The highest BCUT2D eigenvalue weighted by Gasteiger charge is 2.63. The Kier molecular flexibility index (Phi) is 12.7. The first-order chi connectivity index (χ1) is 15.7. The number of alkyl halides is 5. The third-order valence-corrected chi connectivity index (χ3v) is 16.0. The van der Waals surface area contributed by atoms with Gasteiger partial charge in [-0.2, -0.15) is 17.6 Å². The Morgan fingerprint density at radius 3 is 2.32 bits per heavy atom. The second kappa shape index (κ2) is 13.7. The summed E-state index contributed by atoms with van der Waals surface area (Å²) in [4.78, 5) is 11.6. The van der Waals surface area contributed by atoms with Crippen LogP contribution in [0.2, 0.25) is 38.3 Å². The van der Waals surface area contributed by atoms with Gasteiger partial charge in [0.25, 0.3) is 15.2 Å². The van der Waals surface area contributed by atoms with Gasteiger partial charge < -0.3 is 27.4 Å². The topological polar surface area (TPSA) is 87.8 Å². The van der Waals surface area contributed by atoms with Crippen LogP contribution in [0, 0.1) is 0 Å². The normalized spacial score (nSPS) is 20.9. The van der Waals surface area contributed by atoms with Crippen molar-refractivity contribution >= 4 is 32.1 Å². The maximum Gasteiger partial charge on any atom is 0.458 e. The molecule has 0 saturated carbocycles. The summed E-state index contributed by atoms with van der Waals surface area (Å²) in [5, 5.41) is 1.82. The summed E-state index contributed by atoms with van der Waals surface area (Å²) < 4.78 is 96.3. The highest BCUT2D eigenvalue weighted by atomic mass is 28.5. The average molecular weight is 558 g/mol. The number of carbonyl (C=O) groups excluding carboxylic acids is 1. The van der Waals surface area contributed by atoms with Gasteiger partial charge in [-0.1, -0.05) is 0 Å². The van der Waals surface area contributed by atoms with E-state index in [1.807, 2.05) is 31.5 Å². The molecule has 34 heavy (non-hydrogen) atoms. The summed E-state index contributed by atoms with van der Waals surface area (Å²) in [5.74, 6) is -6.81. The molecule has 1 aliphatic rings. The molecule has 1 amide bonds. The lowest BCUT2D eigenvalue weighted by molar-refractivity contribution is -0.322. The fourth-order valence-corrected chi connectivity index (χ4v) is 13.5. The zero-order valence-corrected chi connectivity index (χ0v) is 23.4. The molecule has 4 unspecified atom stereocenters. The van der Waals surface area contributed by atoms with E-state index in [-0.39, 0.29) is 19.1 Å². The summed E-state index contributed by atoms with van der Waals surface area (Å²) in [7, 11) is -5.22. The van der Waals surface area contributed by atoms with E-state index in [0.29, 0.717) is 19.3 Å². The fraction of sp³-hybridized carbons (Fsp3) is 0.944. The second-order valence-electron chi connectivity index (χ2n) is 8.74. The maximum absolute atomic E-state index is 13.8. The van der Waals surface area contributed by atoms with E-state index >= 15 is 0 Å². The van der Waals surface area contributed by atoms with Gasteiger partial charge in [0.1, 0.15) is 6.10 Å². The molecular weight excluding hydrogens is 521 g/mol. The average Bonchev–Trinajstić information content (AvgIpc) is 3.54. The van der Waals surface area contributed by atoms with E-state index in [0.717, 1.165) is 19.1 Å². The first kappa shape index (κ1) is 31.6. The lowest BCUT2D eigenvalue weighted by Crippen LogP contribution is -2.55. The summed E-state index contributed by atoms with van der Waals surface area (Å²) in [5.41, 5.74) is 0. The van der Waals surface area contributed by atoms with Gasteiger partial charge in [0.2, 0.25) is 0 Å². The van der Waals surface area contributed by atoms with Crippen molar-refractivity contribution in [2.45, 2.75) is 69.3 Å². The second-order valence-corrected chi connectivity index (χ2v) is 19.0. The molecule has 0 aliphatic carbocycles. The van der Waals surface area contributed by atoms with Crippen LogP contribution < -0.4 is 5.32 Å². The Balaban J connectivity index is 2.39. The predicted molar refractivity (Wildman–Crippen MR) is 121 cm³/mol. The molecular formula is C18H36F5NO7Si3. The summed E-state index contributed by atoms with van der Waals surface area (Å²) in [6.45, 7) is 7.26. The number of amides is 1. The molecule has 1 rings (SSSR count). The highest BCUT2D eigenvalue weighted by Crippen LogP contribution is 2.35. The standard InChI is InChI=1S/C18H36F5NO7Si3/c1-26-34(5,11-7-9-27-12-15-13-28-15)31-32(2)30-33(3,4)10-6-8-24-16(25)17(20,29-14-19)18(21,22)23/h15,32H,6-14H2,1-5H3,(H,24,25). The lowest BCUT2D eigenvalue weighted by Gasteiger charge is -2.33. The molecule has 1 N–H and O–H groups in total. The molecule has 0 bridgehead atoms. The van der Waals surface area contributed by atoms with Gasteiger partial charge >= 0.3 is 20.6 Å². The molecule has 202 valence electrons. The third kappa shape index (κ3) is 11.1. The van der Waals surface area contributed by atoms with Crippen LogP contribution >= 0.6 is 0 Å². The number of carbonyl (C=O) groups is 1. The lowest BCUT2D eigenvalue weighted by atomic mass is 10.2. The van der Waals surface area contributed by atoms with Crippen LogP contribution in [-0.2, 0) is 31.7 Å². The van der Waals surface area contributed by atoms with Crippen LogP contribution in [0.4, 0.5) is 22.0 Å². The third-order valence-electron chi connectivity index (χ3n) is 5.11. The Morgan fingerprint density at radius 2 is 1.79 bits per heavy atom. The number of hydrogen-bond donors (Lipinski definition) is 1. The van der Waals surface area contributed by atoms with Crippen molar-refractivity contribution in [3.8, 4) is 0 Å². The molecule has 0 aromatic heterocycles. The minimum absolute atomic E-state index is 0.219. The highest BCUT2D eigenvalue weighted by molar-refractivity contribution is 6.80. The van der Waals surface area contributed by atoms with Gasteiger partial charge in [0, 0.05) is 20.3 Å². The number of ether oxygens (including phenoxy) is 3. The van der Waals surface area contributed by atoms with Gasteiger partial charge in [-0.05, 0) is 51.1 Å². The van der Waals surface area contributed by atoms with Gasteiger partial charge in [-0.15, -0.1) is 0 Å². The Labute approximate surface area is 201 Å². The van der Waals surface area contributed by atoms with Crippen molar-refractivity contribution in [3.63, 3.8) is 0 Å². The molecule has 0 aromatic carbocycles. The quantitative estimate of drug-likeness (QED) is 0.120. The van der Waals surface area contributed by atoms with Crippen LogP contribution in [0.5, 0.6) is 0 Å². The van der Waals surface area contributed by atoms with E-state index in [1.165, 1.54) is 0 Å². The number of hydrogen-bond acceptors (Lipinski definition) is 7.